The van der Waals surface area contributed by atoms with Gasteiger partial charge in [0.2, 0.25) is 0 Å². The summed E-state index contributed by atoms with van der Waals surface area (Å²) in [6.07, 6.45) is 1.76. The summed E-state index contributed by atoms with van der Waals surface area (Å²) in [4.78, 5) is 4.31. The van der Waals surface area contributed by atoms with Gasteiger partial charge in [-0.3, -0.25) is 4.40 Å². The second-order valence-electron chi connectivity index (χ2n) is 3.99. The molecule has 17 heavy (non-hydrogen) atoms. The summed E-state index contributed by atoms with van der Waals surface area (Å²) in [6.45, 7) is 1.99. The highest BCUT2D eigenvalue weighted by Gasteiger charge is 2.11. The molecular formula is C14H11FN2. The van der Waals surface area contributed by atoms with Gasteiger partial charge in [0.15, 0.2) is 0 Å². The van der Waals surface area contributed by atoms with Gasteiger partial charge in [-0.2, -0.15) is 0 Å². The molecule has 2 nitrogen and oxygen atoms in total. The standard InChI is InChI=1S/C14H11FN2/c1-10-5-4-6-11-9-16-14(17(10)11)12-7-2-3-8-13(12)15/h2-9H,1H3. The number of aryl methyl sites for hydroxylation is 1. The molecule has 3 heteroatoms. The molecular weight excluding hydrogens is 215 g/mol. The van der Waals surface area contributed by atoms with E-state index in [1.54, 1.807) is 18.3 Å². The van der Waals surface area contributed by atoms with Crippen LogP contribution in [0.4, 0.5) is 4.39 Å². The summed E-state index contributed by atoms with van der Waals surface area (Å²) in [5.41, 5.74) is 2.54. The molecule has 0 fully saturated rings. The molecule has 3 rings (SSSR count). The summed E-state index contributed by atoms with van der Waals surface area (Å²) in [5.74, 6) is 0.402. The highest BCUT2D eigenvalue weighted by atomic mass is 19.1. The molecule has 0 radical (unpaired) electrons. The molecule has 0 saturated heterocycles. The number of halogens is 1. The van der Waals surface area contributed by atoms with E-state index in [9.17, 15) is 4.39 Å². The van der Waals surface area contributed by atoms with Crippen LogP contribution < -0.4 is 0 Å². The predicted octanol–water partition coefficient (Wildman–Crippen LogP) is 3.45. The Bertz CT molecular complexity index is 686. The Hall–Kier alpha value is -2.16. The normalized spacial score (nSPS) is 10.9. The number of hydrogen-bond donors (Lipinski definition) is 0. The molecule has 0 N–H and O–H groups in total. The molecule has 0 saturated carbocycles. The number of aromatic nitrogens is 2. The van der Waals surface area contributed by atoms with Gasteiger partial charge >= 0.3 is 0 Å². The van der Waals surface area contributed by atoms with Crippen molar-refractivity contribution in [3.05, 3.63) is 60.2 Å². The zero-order valence-electron chi connectivity index (χ0n) is 9.39. The van der Waals surface area contributed by atoms with Crippen LogP contribution in [-0.2, 0) is 0 Å². The van der Waals surface area contributed by atoms with Gasteiger partial charge in [-0.15, -0.1) is 0 Å². The largest absolute Gasteiger partial charge is 0.297 e. The Kier molecular flexibility index (Phi) is 2.18. The van der Waals surface area contributed by atoms with E-state index in [0.29, 0.717) is 11.4 Å². The van der Waals surface area contributed by atoms with Gasteiger partial charge in [0, 0.05) is 5.69 Å². The zero-order valence-corrected chi connectivity index (χ0v) is 9.39. The SMILES string of the molecule is Cc1cccc2cnc(-c3ccccc3F)n12. The minimum absolute atomic E-state index is 0.247. The van der Waals surface area contributed by atoms with Crippen molar-refractivity contribution < 1.29 is 4.39 Å². The van der Waals surface area contributed by atoms with Crippen LogP contribution in [0.5, 0.6) is 0 Å². The van der Waals surface area contributed by atoms with Crippen LogP contribution in [0.1, 0.15) is 5.69 Å². The molecule has 2 aromatic heterocycles. The van der Waals surface area contributed by atoms with Gasteiger partial charge in [-0.25, -0.2) is 9.37 Å². The number of benzene rings is 1. The third kappa shape index (κ3) is 1.51. The number of rotatable bonds is 1. The van der Waals surface area contributed by atoms with E-state index >= 15 is 0 Å². The molecule has 0 unspecified atom stereocenters. The number of hydrogen-bond acceptors (Lipinski definition) is 1. The fourth-order valence-corrected chi connectivity index (χ4v) is 2.05. The highest BCUT2D eigenvalue weighted by molar-refractivity contribution is 5.63. The lowest BCUT2D eigenvalue weighted by atomic mass is 10.2. The van der Waals surface area contributed by atoms with Crippen molar-refractivity contribution in [2.45, 2.75) is 6.92 Å². The smallest absolute Gasteiger partial charge is 0.147 e. The maximum Gasteiger partial charge on any atom is 0.147 e. The highest BCUT2D eigenvalue weighted by Crippen LogP contribution is 2.23. The molecule has 0 bridgehead atoms. The first kappa shape index (κ1) is 10.0. The maximum absolute atomic E-state index is 13.8. The van der Waals surface area contributed by atoms with E-state index in [-0.39, 0.29) is 5.82 Å². The second-order valence-corrected chi connectivity index (χ2v) is 3.99. The number of nitrogens with zero attached hydrogens (tertiary/aromatic N) is 2. The van der Waals surface area contributed by atoms with Crippen LogP contribution in [0, 0.1) is 12.7 Å². The lowest BCUT2D eigenvalue weighted by Crippen LogP contribution is -1.95. The first-order valence-electron chi connectivity index (χ1n) is 5.45. The van der Waals surface area contributed by atoms with Crippen molar-refractivity contribution in [1.82, 2.24) is 9.38 Å². The van der Waals surface area contributed by atoms with Crippen LogP contribution in [-0.4, -0.2) is 9.38 Å². The molecule has 0 aliphatic heterocycles. The number of imidazole rings is 1. The zero-order chi connectivity index (χ0) is 11.8. The number of pyridine rings is 1. The fraction of sp³-hybridized carbons (Fsp3) is 0.0714. The summed E-state index contributed by atoms with van der Waals surface area (Å²) in [7, 11) is 0. The lowest BCUT2D eigenvalue weighted by molar-refractivity contribution is 0.630. The monoisotopic (exact) mass is 226 g/mol. The first-order valence-corrected chi connectivity index (χ1v) is 5.45. The van der Waals surface area contributed by atoms with E-state index in [1.807, 2.05) is 35.6 Å². The summed E-state index contributed by atoms with van der Waals surface area (Å²) >= 11 is 0. The van der Waals surface area contributed by atoms with Crippen molar-refractivity contribution in [3.8, 4) is 11.4 Å². The predicted molar refractivity (Wildman–Crippen MR) is 65.3 cm³/mol. The topological polar surface area (TPSA) is 17.3 Å². The molecule has 84 valence electrons. The average Bonchev–Trinajstić information content (AvgIpc) is 2.75. The van der Waals surface area contributed by atoms with Crippen molar-refractivity contribution in [3.63, 3.8) is 0 Å². The van der Waals surface area contributed by atoms with Crippen LogP contribution in [0.15, 0.2) is 48.7 Å². The quantitative estimate of drug-likeness (QED) is 0.621. The van der Waals surface area contributed by atoms with Gasteiger partial charge in [0.25, 0.3) is 0 Å². The Morgan fingerprint density at radius 2 is 1.88 bits per heavy atom. The first-order chi connectivity index (χ1) is 8.27. The van der Waals surface area contributed by atoms with Gasteiger partial charge in [-0.05, 0) is 31.2 Å². The molecule has 0 spiro atoms. The lowest BCUT2D eigenvalue weighted by Gasteiger charge is -2.05. The molecule has 0 aliphatic carbocycles. The number of fused-ring (bicyclic) bond motifs is 1. The van der Waals surface area contributed by atoms with E-state index in [1.165, 1.54) is 6.07 Å². The van der Waals surface area contributed by atoms with Crippen molar-refractivity contribution in [2.24, 2.45) is 0 Å². The fourth-order valence-electron chi connectivity index (χ4n) is 2.05. The molecule has 2 heterocycles. The van der Waals surface area contributed by atoms with Crippen molar-refractivity contribution >= 4 is 5.52 Å². The van der Waals surface area contributed by atoms with Gasteiger partial charge in [0.1, 0.15) is 11.6 Å². The molecule has 0 atom stereocenters. The molecule has 3 aromatic rings. The minimum atomic E-state index is -0.247. The van der Waals surface area contributed by atoms with Crippen LogP contribution in [0.2, 0.25) is 0 Å². The van der Waals surface area contributed by atoms with Gasteiger partial charge in [-0.1, -0.05) is 18.2 Å². The molecule has 1 aromatic carbocycles. The third-order valence-corrected chi connectivity index (χ3v) is 2.86. The average molecular weight is 226 g/mol. The summed E-state index contributed by atoms with van der Waals surface area (Å²) in [5, 5.41) is 0. The molecule has 0 aliphatic rings. The minimum Gasteiger partial charge on any atom is -0.297 e. The van der Waals surface area contributed by atoms with Crippen LogP contribution in [0.25, 0.3) is 16.9 Å². The Morgan fingerprint density at radius 1 is 1.06 bits per heavy atom. The van der Waals surface area contributed by atoms with Crippen LogP contribution >= 0.6 is 0 Å². The van der Waals surface area contributed by atoms with Crippen LogP contribution in [0.3, 0.4) is 0 Å². The third-order valence-electron chi connectivity index (χ3n) is 2.86. The van der Waals surface area contributed by atoms with E-state index in [2.05, 4.69) is 4.98 Å². The van der Waals surface area contributed by atoms with Crippen molar-refractivity contribution in [2.75, 3.05) is 0 Å². The van der Waals surface area contributed by atoms with Crippen molar-refractivity contribution in [1.29, 1.82) is 0 Å². The second kappa shape index (κ2) is 3.70. The molecule has 0 amide bonds. The van der Waals surface area contributed by atoms with E-state index in [4.69, 9.17) is 0 Å². The Labute approximate surface area is 98.4 Å². The summed E-state index contributed by atoms with van der Waals surface area (Å²) < 4.78 is 15.7. The Balaban J connectivity index is 2.36. The van der Waals surface area contributed by atoms with Gasteiger partial charge < -0.3 is 0 Å². The summed E-state index contributed by atoms with van der Waals surface area (Å²) in [6, 6.07) is 12.6. The Morgan fingerprint density at radius 3 is 2.71 bits per heavy atom. The van der Waals surface area contributed by atoms with E-state index < -0.39 is 0 Å². The maximum atomic E-state index is 13.8. The van der Waals surface area contributed by atoms with E-state index in [0.717, 1.165) is 11.2 Å². The van der Waals surface area contributed by atoms with Gasteiger partial charge in [0.05, 0.1) is 17.3 Å².